The smallest absolute Gasteiger partial charge is 0.187 e. The Labute approximate surface area is 200 Å². The van der Waals surface area contributed by atoms with Crippen LogP contribution in [0.15, 0.2) is 29.6 Å². The van der Waals surface area contributed by atoms with Gasteiger partial charge >= 0.3 is 0 Å². The molecule has 180 valence electrons. The van der Waals surface area contributed by atoms with E-state index >= 15 is 0 Å². The highest BCUT2D eigenvalue weighted by Crippen LogP contribution is 2.40. The van der Waals surface area contributed by atoms with Gasteiger partial charge in [0.1, 0.15) is 6.61 Å². The SMILES string of the molecule is CC(C)N1CCOc2c(F)cc(-c3csc(Nc4ccc(N5CCNCC5)c(F)c4F)n3)cc21. The molecule has 34 heavy (non-hydrogen) atoms. The summed E-state index contributed by atoms with van der Waals surface area (Å²) in [7, 11) is 0. The minimum atomic E-state index is -0.947. The van der Waals surface area contributed by atoms with Crippen molar-refractivity contribution in [2.45, 2.75) is 19.9 Å². The van der Waals surface area contributed by atoms with Crippen LogP contribution in [-0.4, -0.2) is 50.4 Å². The summed E-state index contributed by atoms with van der Waals surface area (Å²) >= 11 is 1.24. The molecule has 0 atom stereocenters. The lowest BCUT2D eigenvalue weighted by molar-refractivity contribution is 0.287. The lowest BCUT2D eigenvalue weighted by Gasteiger charge is -2.34. The van der Waals surface area contributed by atoms with Gasteiger partial charge in [0.2, 0.25) is 0 Å². The summed E-state index contributed by atoms with van der Waals surface area (Å²) in [5, 5.41) is 8.21. The number of hydrogen-bond donors (Lipinski definition) is 2. The number of thiazole rings is 1. The fourth-order valence-corrected chi connectivity index (χ4v) is 5.08. The Morgan fingerprint density at radius 1 is 1.06 bits per heavy atom. The molecule has 0 bridgehead atoms. The lowest BCUT2D eigenvalue weighted by Crippen LogP contribution is -2.44. The maximum atomic E-state index is 14.8. The molecular formula is C24H26F3N5OS. The summed E-state index contributed by atoms with van der Waals surface area (Å²) in [6, 6.07) is 6.54. The van der Waals surface area contributed by atoms with Crippen molar-refractivity contribution in [3.8, 4) is 17.0 Å². The van der Waals surface area contributed by atoms with Crippen molar-refractivity contribution in [3.05, 3.63) is 47.1 Å². The third-order valence-corrected chi connectivity index (χ3v) is 6.85. The number of fused-ring (bicyclic) bond motifs is 1. The predicted molar refractivity (Wildman–Crippen MR) is 130 cm³/mol. The van der Waals surface area contributed by atoms with Crippen molar-refractivity contribution in [2.24, 2.45) is 0 Å². The topological polar surface area (TPSA) is 52.7 Å². The summed E-state index contributed by atoms with van der Waals surface area (Å²) < 4.78 is 50.0. The molecule has 5 rings (SSSR count). The molecular weight excluding hydrogens is 463 g/mol. The third-order valence-electron chi connectivity index (χ3n) is 6.10. The zero-order valence-electron chi connectivity index (χ0n) is 19.0. The van der Waals surface area contributed by atoms with Gasteiger partial charge in [-0.2, -0.15) is 0 Å². The molecule has 0 unspecified atom stereocenters. The molecule has 0 aliphatic carbocycles. The largest absolute Gasteiger partial charge is 0.486 e. The second-order valence-corrected chi connectivity index (χ2v) is 9.46. The van der Waals surface area contributed by atoms with Crippen LogP contribution >= 0.6 is 11.3 Å². The molecule has 2 aliphatic heterocycles. The third kappa shape index (κ3) is 4.27. The van der Waals surface area contributed by atoms with Crippen molar-refractivity contribution in [2.75, 3.05) is 54.4 Å². The highest BCUT2D eigenvalue weighted by molar-refractivity contribution is 7.14. The molecule has 0 saturated carbocycles. The Morgan fingerprint density at radius 2 is 1.85 bits per heavy atom. The Hall–Kier alpha value is -2.98. The molecule has 10 heteroatoms. The average molecular weight is 490 g/mol. The first-order valence-electron chi connectivity index (χ1n) is 11.3. The van der Waals surface area contributed by atoms with Crippen LogP contribution in [0.1, 0.15) is 13.8 Å². The zero-order valence-corrected chi connectivity index (χ0v) is 19.8. The Bertz CT molecular complexity index is 1200. The maximum Gasteiger partial charge on any atom is 0.187 e. The molecule has 0 radical (unpaired) electrons. The number of benzene rings is 2. The summed E-state index contributed by atoms with van der Waals surface area (Å²) in [6.07, 6.45) is 0. The predicted octanol–water partition coefficient (Wildman–Crippen LogP) is 4.99. The van der Waals surface area contributed by atoms with E-state index in [1.165, 1.54) is 23.5 Å². The van der Waals surface area contributed by atoms with E-state index < -0.39 is 17.5 Å². The quantitative estimate of drug-likeness (QED) is 0.527. The number of anilines is 4. The molecule has 2 N–H and O–H groups in total. The van der Waals surface area contributed by atoms with Crippen LogP contribution in [0.2, 0.25) is 0 Å². The van der Waals surface area contributed by atoms with E-state index in [-0.39, 0.29) is 23.2 Å². The monoisotopic (exact) mass is 489 g/mol. The molecule has 3 aromatic rings. The van der Waals surface area contributed by atoms with Gasteiger partial charge in [0.05, 0.1) is 29.3 Å². The van der Waals surface area contributed by atoms with Gasteiger partial charge in [0.25, 0.3) is 0 Å². The van der Waals surface area contributed by atoms with Crippen LogP contribution in [0.5, 0.6) is 5.75 Å². The minimum Gasteiger partial charge on any atom is -0.486 e. The average Bonchev–Trinajstić information content (AvgIpc) is 3.31. The van der Waals surface area contributed by atoms with Crippen LogP contribution in [0.4, 0.5) is 35.4 Å². The number of aromatic nitrogens is 1. The second-order valence-electron chi connectivity index (χ2n) is 8.60. The summed E-state index contributed by atoms with van der Waals surface area (Å²) in [5.41, 5.74) is 2.09. The van der Waals surface area contributed by atoms with Crippen molar-refractivity contribution < 1.29 is 17.9 Å². The van der Waals surface area contributed by atoms with Crippen LogP contribution in [-0.2, 0) is 0 Å². The van der Waals surface area contributed by atoms with E-state index in [0.717, 1.165) is 13.1 Å². The molecule has 6 nitrogen and oxygen atoms in total. The number of nitrogens with one attached hydrogen (secondary N) is 2. The molecule has 0 spiro atoms. The maximum absolute atomic E-state index is 14.8. The summed E-state index contributed by atoms with van der Waals surface area (Å²) in [6.45, 7) is 7.90. The second kappa shape index (κ2) is 9.34. The van der Waals surface area contributed by atoms with Gasteiger partial charge in [0.15, 0.2) is 28.3 Å². The molecule has 1 aromatic heterocycles. The minimum absolute atomic E-state index is 0.00767. The molecule has 2 aromatic carbocycles. The van der Waals surface area contributed by atoms with Gasteiger partial charge in [-0.25, -0.2) is 18.2 Å². The fourth-order valence-electron chi connectivity index (χ4n) is 4.35. The van der Waals surface area contributed by atoms with Crippen molar-refractivity contribution in [1.29, 1.82) is 0 Å². The van der Waals surface area contributed by atoms with E-state index in [1.807, 2.05) is 24.8 Å². The Kier molecular flexibility index (Phi) is 6.26. The van der Waals surface area contributed by atoms with Gasteiger partial charge in [-0.15, -0.1) is 11.3 Å². The van der Waals surface area contributed by atoms with Crippen LogP contribution in [0, 0.1) is 17.5 Å². The van der Waals surface area contributed by atoms with Gasteiger partial charge in [-0.05, 0) is 38.1 Å². The molecule has 0 amide bonds. The first-order chi connectivity index (χ1) is 16.4. The fraction of sp³-hybridized carbons (Fsp3) is 0.375. The Balaban J connectivity index is 1.39. The molecule has 2 aliphatic rings. The number of halogens is 3. The van der Waals surface area contributed by atoms with E-state index in [1.54, 1.807) is 11.4 Å². The highest BCUT2D eigenvalue weighted by atomic mass is 32.1. The molecule has 1 fully saturated rings. The van der Waals surface area contributed by atoms with Crippen molar-refractivity contribution in [1.82, 2.24) is 10.3 Å². The number of hydrogen-bond acceptors (Lipinski definition) is 7. The highest BCUT2D eigenvalue weighted by Gasteiger charge is 2.25. The molecule has 1 saturated heterocycles. The number of nitrogens with zero attached hydrogens (tertiary/aromatic N) is 3. The van der Waals surface area contributed by atoms with Crippen molar-refractivity contribution >= 4 is 33.5 Å². The lowest BCUT2D eigenvalue weighted by atomic mass is 10.1. The zero-order chi connectivity index (χ0) is 23.8. The van der Waals surface area contributed by atoms with Crippen LogP contribution < -0.4 is 25.2 Å². The normalized spacial score (nSPS) is 15.9. The van der Waals surface area contributed by atoms with Crippen LogP contribution in [0.25, 0.3) is 11.3 Å². The van der Waals surface area contributed by atoms with E-state index in [4.69, 9.17) is 4.74 Å². The van der Waals surface area contributed by atoms with Crippen molar-refractivity contribution in [3.63, 3.8) is 0 Å². The first-order valence-corrected chi connectivity index (χ1v) is 12.2. The Morgan fingerprint density at radius 3 is 2.62 bits per heavy atom. The first kappa shape index (κ1) is 22.8. The number of ether oxygens (including phenoxy) is 1. The van der Waals surface area contributed by atoms with E-state index in [9.17, 15) is 13.2 Å². The number of piperazine rings is 1. The van der Waals surface area contributed by atoms with Gasteiger partial charge in [0, 0.05) is 43.2 Å². The van der Waals surface area contributed by atoms with Crippen LogP contribution in [0.3, 0.4) is 0 Å². The molecule has 3 heterocycles. The van der Waals surface area contributed by atoms with E-state index in [0.29, 0.717) is 48.3 Å². The van der Waals surface area contributed by atoms with Gasteiger partial charge in [-0.3, -0.25) is 0 Å². The standard InChI is InChI=1S/C24H26F3N5OS/c1-14(2)32-9-10-33-23-16(25)11-15(12-20(23)32)18-13-34-24(30-18)29-17-3-4-19(22(27)21(17)26)31-7-5-28-6-8-31/h3-4,11-14,28H,5-10H2,1-2H3,(H,29,30). The summed E-state index contributed by atoms with van der Waals surface area (Å²) in [4.78, 5) is 8.41. The van der Waals surface area contributed by atoms with Gasteiger partial charge < -0.3 is 25.2 Å². The van der Waals surface area contributed by atoms with E-state index in [2.05, 4.69) is 20.5 Å². The summed E-state index contributed by atoms with van der Waals surface area (Å²) in [5.74, 6) is -2.03. The van der Waals surface area contributed by atoms with Gasteiger partial charge in [-0.1, -0.05) is 0 Å². The number of rotatable bonds is 5.